The highest BCUT2D eigenvalue weighted by atomic mass is 16.5. The van der Waals surface area contributed by atoms with E-state index in [1.807, 2.05) is 13.0 Å². The van der Waals surface area contributed by atoms with Crippen molar-refractivity contribution in [1.29, 1.82) is 0 Å². The van der Waals surface area contributed by atoms with Crippen LogP contribution in [-0.4, -0.2) is 29.7 Å². The summed E-state index contributed by atoms with van der Waals surface area (Å²) in [6.07, 6.45) is 2.20. The monoisotopic (exact) mass is 251 g/mol. The Morgan fingerprint density at radius 2 is 2.06 bits per heavy atom. The van der Waals surface area contributed by atoms with Crippen LogP contribution < -0.4 is 10.1 Å². The molecule has 1 N–H and O–H groups in total. The van der Waals surface area contributed by atoms with Crippen molar-refractivity contribution in [2.75, 3.05) is 13.7 Å². The maximum Gasteiger partial charge on any atom is 0.216 e. The molecular formula is C14H25N3O. The summed E-state index contributed by atoms with van der Waals surface area (Å²) in [5.74, 6) is 1.82. The van der Waals surface area contributed by atoms with Crippen LogP contribution in [0.15, 0.2) is 6.07 Å². The van der Waals surface area contributed by atoms with E-state index in [0.717, 1.165) is 30.9 Å². The third kappa shape index (κ3) is 3.95. The molecule has 0 spiro atoms. The Labute approximate surface area is 110 Å². The van der Waals surface area contributed by atoms with E-state index in [2.05, 4.69) is 36.1 Å². The van der Waals surface area contributed by atoms with Crippen LogP contribution in [0.5, 0.6) is 5.88 Å². The standard InChI is InChI=1S/C14H25N3O/c1-6-8-15-10(3)12(7-2)13-9-14(18-5)17-11(4)16-13/h9-10,12,15H,6-8H2,1-5H3. The summed E-state index contributed by atoms with van der Waals surface area (Å²) in [6.45, 7) is 9.53. The Kier molecular flexibility index (Phi) is 6.05. The molecule has 0 fully saturated rings. The van der Waals surface area contributed by atoms with E-state index in [4.69, 9.17) is 4.74 Å². The summed E-state index contributed by atoms with van der Waals surface area (Å²) < 4.78 is 5.22. The van der Waals surface area contributed by atoms with Gasteiger partial charge in [0, 0.05) is 18.0 Å². The molecule has 1 rings (SSSR count). The highest BCUT2D eigenvalue weighted by Gasteiger charge is 2.19. The summed E-state index contributed by atoms with van der Waals surface area (Å²) >= 11 is 0. The predicted molar refractivity (Wildman–Crippen MR) is 74.1 cm³/mol. The van der Waals surface area contributed by atoms with Gasteiger partial charge in [-0.2, -0.15) is 4.98 Å². The number of methoxy groups -OCH3 is 1. The number of ether oxygens (including phenoxy) is 1. The number of hydrogen-bond acceptors (Lipinski definition) is 4. The third-order valence-electron chi connectivity index (χ3n) is 3.18. The minimum Gasteiger partial charge on any atom is -0.481 e. The van der Waals surface area contributed by atoms with E-state index in [1.165, 1.54) is 0 Å². The average molecular weight is 251 g/mol. The number of nitrogens with one attached hydrogen (secondary N) is 1. The second-order valence-corrected chi connectivity index (χ2v) is 4.64. The molecule has 0 saturated carbocycles. The summed E-state index contributed by atoms with van der Waals surface area (Å²) in [5, 5.41) is 3.54. The fourth-order valence-electron chi connectivity index (χ4n) is 2.19. The maximum absolute atomic E-state index is 5.22. The van der Waals surface area contributed by atoms with Gasteiger partial charge in [-0.25, -0.2) is 4.98 Å². The van der Waals surface area contributed by atoms with Crippen LogP contribution in [-0.2, 0) is 0 Å². The molecule has 0 bridgehead atoms. The van der Waals surface area contributed by atoms with Crippen LogP contribution in [0.3, 0.4) is 0 Å². The molecule has 18 heavy (non-hydrogen) atoms. The van der Waals surface area contributed by atoms with Crippen LogP contribution in [0.25, 0.3) is 0 Å². The molecule has 0 aromatic carbocycles. The second kappa shape index (κ2) is 7.31. The zero-order valence-corrected chi connectivity index (χ0v) is 12.2. The lowest BCUT2D eigenvalue weighted by Crippen LogP contribution is -2.33. The topological polar surface area (TPSA) is 47.0 Å². The predicted octanol–water partition coefficient (Wildman–Crippen LogP) is 2.68. The van der Waals surface area contributed by atoms with Gasteiger partial charge in [0.15, 0.2) is 0 Å². The zero-order chi connectivity index (χ0) is 13.5. The lowest BCUT2D eigenvalue weighted by molar-refractivity contribution is 0.389. The molecule has 2 unspecified atom stereocenters. The second-order valence-electron chi connectivity index (χ2n) is 4.64. The van der Waals surface area contributed by atoms with Crippen molar-refractivity contribution in [1.82, 2.24) is 15.3 Å². The third-order valence-corrected chi connectivity index (χ3v) is 3.18. The largest absolute Gasteiger partial charge is 0.481 e. The maximum atomic E-state index is 5.22. The summed E-state index contributed by atoms with van der Waals surface area (Å²) in [4.78, 5) is 8.79. The number of nitrogens with zero attached hydrogens (tertiary/aromatic N) is 2. The molecule has 102 valence electrons. The Bertz CT molecular complexity index is 368. The first kappa shape index (κ1) is 14.9. The van der Waals surface area contributed by atoms with Crippen molar-refractivity contribution < 1.29 is 4.74 Å². The van der Waals surface area contributed by atoms with Crippen molar-refractivity contribution in [2.24, 2.45) is 0 Å². The Hall–Kier alpha value is -1.16. The minimum absolute atomic E-state index is 0.396. The molecule has 1 heterocycles. The van der Waals surface area contributed by atoms with Gasteiger partial charge in [0.1, 0.15) is 5.82 Å². The van der Waals surface area contributed by atoms with Crippen LogP contribution in [0, 0.1) is 6.92 Å². The quantitative estimate of drug-likeness (QED) is 0.809. The molecule has 0 aliphatic carbocycles. The van der Waals surface area contributed by atoms with E-state index in [-0.39, 0.29) is 0 Å². The van der Waals surface area contributed by atoms with Gasteiger partial charge < -0.3 is 10.1 Å². The molecule has 4 nitrogen and oxygen atoms in total. The van der Waals surface area contributed by atoms with E-state index >= 15 is 0 Å². The van der Waals surface area contributed by atoms with Crippen molar-refractivity contribution in [3.05, 3.63) is 17.6 Å². The summed E-state index contributed by atoms with van der Waals surface area (Å²) in [6, 6.07) is 2.36. The van der Waals surface area contributed by atoms with Gasteiger partial charge in [-0.05, 0) is 33.2 Å². The summed E-state index contributed by atoms with van der Waals surface area (Å²) in [7, 11) is 1.64. The first-order chi connectivity index (χ1) is 8.62. The molecule has 0 radical (unpaired) electrons. The van der Waals surface area contributed by atoms with Crippen molar-refractivity contribution in [2.45, 2.75) is 52.5 Å². The van der Waals surface area contributed by atoms with Crippen LogP contribution in [0.2, 0.25) is 0 Å². The number of aryl methyl sites for hydroxylation is 1. The normalized spacial score (nSPS) is 14.3. The molecule has 4 heteroatoms. The van der Waals surface area contributed by atoms with Gasteiger partial charge >= 0.3 is 0 Å². The Balaban J connectivity index is 2.89. The Morgan fingerprint density at radius 3 is 2.61 bits per heavy atom. The molecule has 1 aromatic rings. The van der Waals surface area contributed by atoms with Crippen LogP contribution in [0.4, 0.5) is 0 Å². The SMILES string of the molecule is CCCNC(C)C(CC)c1cc(OC)nc(C)n1. The highest BCUT2D eigenvalue weighted by molar-refractivity contribution is 5.20. The van der Waals surface area contributed by atoms with E-state index < -0.39 is 0 Å². The fourth-order valence-corrected chi connectivity index (χ4v) is 2.19. The molecular weight excluding hydrogens is 226 g/mol. The molecule has 2 atom stereocenters. The van der Waals surface area contributed by atoms with E-state index in [1.54, 1.807) is 7.11 Å². The van der Waals surface area contributed by atoms with E-state index in [9.17, 15) is 0 Å². The van der Waals surface area contributed by atoms with Crippen molar-refractivity contribution in [3.8, 4) is 5.88 Å². The van der Waals surface area contributed by atoms with Crippen molar-refractivity contribution in [3.63, 3.8) is 0 Å². The molecule has 0 aliphatic rings. The molecule has 0 aliphatic heterocycles. The lowest BCUT2D eigenvalue weighted by atomic mass is 9.94. The van der Waals surface area contributed by atoms with Gasteiger partial charge in [0.05, 0.1) is 12.8 Å². The zero-order valence-electron chi connectivity index (χ0n) is 12.2. The molecule has 0 amide bonds. The number of rotatable bonds is 7. The highest BCUT2D eigenvalue weighted by Crippen LogP contribution is 2.24. The van der Waals surface area contributed by atoms with Crippen LogP contribution >= 0.6 is 0 Å². The number of hydrogen-bond donors (Lipinski definition) is 1. The van der Waals surface area contributed by atoms with Crippen LogP contribution in [0.1, 0.15) is 51.0 Å². The van der Waals surface area contributed by atoms with Gasteiger partial charge in [0.25, 0.3) is 0 Å². The minimum atomic E-state index is 0.396. The average Bonchev–Trinajstić information content (AvgIpc) is 2.36. The number of aromatic nitrogens is 2. The molecule has 0 saturated heterocycles. The first-order valence-corrected chi connectivity index (χ1v) is 6.75. The molecule has 1 aromatic heterocycles. The fraction of sp³-hybridized carbons (Fsp3) is 0.714. The summed E-state index contributed by atoms with van der Waals surface area (Å²) in [5.41, 5.74) is 1.07. The van der Waals surface area contributed by atoms with Gasteiger partial charge in [-0.15, -0.1) is 0 Å². The lowest BCUT2D eigenvalue weighted by Gasteiger charge is -2.23. The van der Waals surface area contributed by atoms with Gasteiger partial charge in [-0.3, -0.25) is 0 Å². The van der Waals surface area contributed by atoms with Crippen molar-refractivity contribution >= 4 is 0 Å². The van der Waals surface area contributed by atoms with Gasteiger partial charge in [-0.1, -0.05) is 13.8 Å². The smallest absolute Gasteiger partial charge is 0.216 e. The van der Waals surface area contributed by atoms with E-state index in [0.29, 0.717) is 17.8 Å². The Morgan fingerprint density at radius 1 is 1.33 bits per heavy atom. The first-order valence-electron chi connectivity index (χ1n) is 6.75. The van der Waals surface area contributed by atoms with Gasteiger partial charge in [0.2, 0.25) is 5.88 Å².